The molecule has 0 saturated carbocycles. The molecule has 0 radical (unpaired) electrons. The van der Waals surface area contributed by atoms with Crippen LogP contribution < -0.4 is 5.32 Å². The predicted molar refractivity (Wildman–Crippen MR) is 75.7 cm³/mol. The Morgan fingerprint density at radius 2 is 2.11 bits per heavy atom. The number of carboxylic acids is 1. The van der Waals surface area contributed by atoms with E-state index in [9.17, 15) is 9.90 Å². The van der Waals surface area contributed by atoms with E-state index in [2.05, 4.69) is 21.2 Å². The maximum atomic E-state index is 11.3. The summed E-state index contributed by atoms with van der Waals surface area (Å²) in [4.78, 5) is 12.5. The lowest BCUT2D eigenvalue weighted by Gasteiger charge is -2.15. The van der Waals surface area contributed by atoms with Gasteiger partial charge in [-0.25, -0.2) is 0 Å². The molecule has 0 bridgehead atoms. The van der Waals surface area contributed by atoms with Crippen LogP contribution in [0.3, 0.4) is 0 Å². The summed E-state index contributed by atoms with van der Waals surface area (Å²) in [7, 11) is 0. The number of hydrogen-bond donors (Lipinski definition) is 2. The SMILES string of the molecule is O=C(O)C(NCc1cccs1)c1ccccc1Br. The second kappa shape index (κ2) is 6.13. The number of halogens is 1. The third-order valence-electron chi connectivity index (χ3n) is 2.52. The lowest BCUT2D eigenvalue weighted by atomic mass is 10.1. The molecule has 3 nitrogen and oxygen atoms in total. The summed E-state index contributed by atoms with van der Waals surface area (Å²) in [6.07, 6.45) is 0. The summed E-state index contributed by atoms with van der Waals surface area (Å²) >= 11 is 4.99. The average Bonchev–Trinajstić information content (AvgIpc) is 2.84. The molecule has 2 aromatic rings. The van der Waals surface area contributed by atoms with Crippen LogP contribution in [0.1, 0.15) is 16.5 Å². The molecular weight excluding hydrogens is 314 g/mol. The van der Waals surface area contributed by atoms with Gasteiger partial charge in [-0.1, -0.05) is 40.2 Å². The lowest BCUT2D eigenvalue weighted by Crippen LogP contribution is -2.28. The van der Waals surface area contributed by atoms with Crippen molar-refractivity contribution in [2.45, 2.75) is 12.6 Å². The normalized spacial score (nSPS) is 12.3. The molecule has 5 heteroatoms. The Kier molecular flexibility index (Phi) is 4.52. The van der Waals surface area contributed by atoms with Crippen molar-refractivity contribution in [1.29, 1.82) is 0 Å². The molecule has 2 N–H and O–H groups in total. The summed E-state index contributed by atoms with van der Waals surface area (Å²) in [6.45, 7) is 0.552. The summed E-state index contributed by atoms with van der Waals surface area (Å²) in [5.74, 6) is -0.876. The fourth-order valence-electron chi connectivity index (χ4n) is 1.66. The summed E-state index contributed by atoms with van der Waals surface area (Å²) in [5.41, 5.74) is 0.738. The highest BCUT2D eigenvalue weighted by Gasteiger charge is 2.21. The zero-order valence-electron chi connectivity index (χ0n) is 9.47. The molecular formula is C13H12BrNO2S. The highest BCUT2D eigenvalue weighted by molar-refractivity contribution is 9.10. The Morgan fingerprint density at radius 3 is 2.72 bits per heavy atom. The lowest BCUT2D eigenvalue weighted by molar-refractivity contribution is -0.139. The van der Waals surface area contributed by atoms with Crippen LogP contribution in [0.5, 0.6) is 0 Å². The number of thiophene rings is 1. The Balaban J connectivity index is 2.14. The van der Waals surface area contributed by atoms with Gasteiger partial charge in [0.1, 0.15) is 6.04 Å². The van der Waals surface area contributed by atoms with Gasteiger partial charge in [-0.3, -0.25) is 10.1 Å². The summed E-state index contributed by atoms with van der Waals surface area (Å²) in [6, 6.07) is 10.6. The van der Waals surface area contributed by atoms with Crippen molar-refractivity contribution in [2.24, 2.45) is 0 Å². The first kappa shape index (κ1) is 13.3. The highest BCUT2D eigenvalue weighted by Crippen LogP contribution is 2.24. The zero-order valence-corrected chi connectivity index (χ0v) is 11.9. The molecule has 1 aromatic carbocycles. The van der Waals surface area contributed by atoms with E-state index >= 15 is 0 Å². The molecule has 94 valence electrons. The first-order valence-electron chi connectivity index (χ1n) is 5.41. The maximum Gasteiger partial charge on any atom is 0.325 e. The van der Waals surface area contributed by atoms with Crippen molar-refractivity contribution in [3.05, 3.63) is 56.7 Å². The van der Waals surface area contributed by atoms with Gasteiger partial charge in [0, 0.05) is 15.9 Å². The van der Waals surface area contributed by atoms with E-state index in [-0.39, 0.29) is 0 Å². The number of aliphatic carboxylic acids is 1. The topological polar surface area (TPSA) is 49.3 Å². The summed E-state index contributed by atoms with van der Waals surface area (Å²) < 4.78 is 0.802. The largest absolute Gasteiger partial charge is 0.480 e. The van der Waals surface area contributed by atoms with Crippen molar-refractivity contribution in [2.75, 3.05) is 0 Å². The molecule has 1 atom stereocenters. The highest BCUT2D eigenvalue weighted by atomic mass is 79.9. The quantitative estimate of drug-likeness (QED) is 0.885. The Hall–Kier alpha value is -1.17. The van der Waals surface area contributed by atoms with E-state index < -0.39 is 12.0 Å². The van der Waals surface area contributed by atoms with E-state index in [0.717, 1.165) is 14.9 Å². The van der Waals surface area contributed by atoms with Gasteiger partial charge in [0.15, 0.2) is 0 Å². The van der Waals surface area contributed by atoms with Crippen molar-refractivity contribution >= 4 is 33.2 Å². The Bertz CT molecular complexity index is 528. The van der Waals surface area contributed by atoms with E-state index in [1.54, 1.807) is 11.3 Å². The van der Waals surface area contributed by atoms with Gasteiger partial charge >= 0.3 is 5.97 Å². The number of hydrogen-bond acceptors (Lipinski definition) is 3. The van der Waals surface area contributed by atoms with E-state index in [1.165, 1.54) is 0 Å². The standard InChI is InChI=1S/C13H12BrNO2S/c14-11-6-2-1-5-10(11)12(13(16)17)15-8-9-4-3-7-18-9/h1-7,12,15H,8H2,(H,16,17). The number of nitrogens with one attached hydrogen (secondary N) is 1. The van der Waals surface area contributed by atoms with Gasteiger partial charge in [0.05, 0.1) is 0 Å². The van der Waals surface area contributed by atoms with Crippen LogP contribution in [-0.4, -0.2) is 11.1 Å². The van der Waals surface area contributed by atoms with Crippen LogP contribution in [0.2, 0.25) is 0 Å². The first-order chi connectivity index (χ1) is 8.68. The molecule has 0 saturated heterocycles. The Morgan fingerprint density at radius 1 is 1.33 bits per heavy atom. The molecule has 1 aromatic heterocycles. The first-order valence-corrected chi connectivity index (χ1v) is 7.09. The van der Waals surface area contributed by atoms with E-state index in [0.29, 0.717) is 6.54 Å². The number of rotatable bonds is 5. The molecule has 1 unspecified atom stereocenters. The van der Waals surface area contributed by atoms with Crippen molar-refractivity contribution in [3.8, 4) is 0 Å². The number of benzene rings is 1. The molecule has 18 heavy (non-hydrogen) atoms. The van der Waals surface area contributed by atoms with Crippen molar-refractivity contribution < 1.29 is 9.90 Å². The number of carboxylic acid groups (broad SMARTS) is 1. The van der Waals surface area contributed by atoms with Crippen LogP contribution in [-0.2, 0) is 11.3 Å². The minimum atomic E-state index is -0.876. The fraction of sp³-hybridized carbons (Fsp3) is 0.154. The average molecular weight is 326 g/mol. The predicted octanol–water partition coefficient (Wildman–Crippen LogP) is 3.43. The van der Waals surface area contributed by atoms with Crippen LogP contribution in [0.4, 0.5) is 0 Å². The minimum Gasteiger partial charge on any atom is -0.480 e. The monoisotopic (exact) mass is 325 g/mol. The van der Waals surface area contributed by atoms with E-state index in [4.69, 9.17) is 0 Å². The van der Waals surface area contributed by atoms with Gasteiger partial charge in [-0.2, -0.15) is 0 Å². The second-order valence-corrected chi connectivity index (χ2v) is 5.64. The third-order valence-corrected chi connectivity index (χ3v) is 4.12. The molecule has 2 rings (SSSR count). The molecule has 0 aliphatic heterocycles. The molecule has 0 amide bonds. The molecule has 0 aliphatic carbocycles. The van der Waals surface area contributed by atoms with Gasteiger partial charge in [-0.15, -0.1) is 11.3 Å². The van der Waals surface area contributed by atoms with Crippen LogP contribution in [0, 0.1) is 0 Å². The van der Waals surface area contributed by atoms with Crippen molar-refractivity contribution in [3.63, 3.8) is 0 Å². The Labute approximate surface area is 118 Å². The maximum absolute atomic E-state index is 11.3. The van der Waals surface area contributed by atoms with Gasteiger partial charge in [-0.05, 0) is 23.1 Å². The van der Waals surface area contributed by atoms with Gasteiger partial charge in [0.2, 0.25) is 0 Å². The molecule has 0 fully saturated rings. The molecule has 1 heterocycles. The molecule has 0 aliphatic rings. The van der Waals surface area contributed by atoms with Crippen molar-refractivity contribution in [1.82, 2.24) is 5.32 Å². The zero-order chi connectivity index (χ0) is 13.0. The van der Waals surface area contributed by atoms with Crippen LogP contribution in [0.15, 0.2) is 46.3 Å². The van der Waals surface area contributed by atoms with Crippen LogP contribution in [0.25, 0.3) is 0 Å². The van der Waals surface area contributed by atoms with Crippen LogP contribution >= 0.6 is 27.3 Å². The smallest absolute Gasteiger partial charge is 0.325 e. The van der Waals surface area contributed by atoms with E-state index in [1.807, 2.05) is 41.8 Å². The minimum absolute atomic E-state index is 0.552. The van der Waals surface area contributed by atoms with Gasteiger partial charge in [0.25, 0.3) is 0 Å². The van der Waals surface area contributed by atoms with Gasteiger partial charge < -0.3 is 5.11 Å². The second-order valence-electron chi connectivity index (χ2n) is 3.75. The summed E-state index contributed by atoms with van der Waals surface area (Å²) in [5, 5.41) is 14.3. The number of carbonyl (C=O) groups is 1. The third kappa shape index (κ3) is 3.19. The fourth-order valence-corrected chi connectivity index (χ4v) is 2.82. The molecule has 0 spiro atoms.